The van der Waals surface area contributed by atoms with Crippen molar-refractivity contribution in [3.63, 3.8) is 0 Å². The van der Waals surface area contributed by atoms with Gasteiger partial charge in [-0.05, 0) is 56.7 Å². The average Bonchev–Trinajstić information content (AvgIpc) is 3.19. The van der Waals surface area contributed by atoms with Gasteiger partial charge in [-0.25, -0.2) is 4.98 Å². The lowest BCUT2D eigenvalue weighted by Gasteiger charge is -2.23. The summed E-state index contributed by atoms with van der Waals surface area (Å²) in [7, 11) is 0. The molecule has 33 heavy (non-hydrogen) atoms. The molecular weight excluding hydrogens is 412 g/mol. The number of carbonyl (C=O) groups is 2. The molecule has 0 saturated carbocycles. The molecule has 1 aromatic heterocycles. The molecule has 0 radical (unpaired) electrons. The number of likely N-dealkylation sites (N-methyl/N-ethyl adjacent to an activating group) is 1. The molecule has 1 heterocycles. The monoisotopic (exact) mass is 440 g/mol. The average molecular weight is 441 g/mol. The van der Waals surface area contributed by atoms with Crippen LogP contribution in [0.3, 0.4) is 0 Å². The third kappa shape index (κ3) is 4.65. The van der Waals surface area contributed by atoms with Crippen LogP contribution < -0.4 is 10.2 Å². The number of aromatic nitrogens is 2. The summed E-state index contributed by atoms with van der Waals surface area (Å²) in [4.78, 5) is 32.8. The van der Waals surface area contributed by atoms with E-state index in [1.54, 1.807) is 4.90 Å². The number of aryl methyl sites for hydroxylation is 1. The van der Waals surface area contributed by atoms with Gasteiger partial charge in [-0.1, -0.05) is 48.5 Å². The van der Waals surface area contributed by atoms with E-state index in [9.17, 15) is 9.59 Å². The standard InChI is InChI=1S/C27H28N4O2/c1-4-30(21-13-6-5-7-14-21)25(32)18-31-24-17-11-10-16-23(24)29-26(31)20(3)28-27(33)22-15-9-8-12-19(22)2/h5-17,20H,4,18H2,1-3H3,(H,28,33). The van der Waals surface area contributed by atoms with Crippen LogP contribution in [-0.4, -0.2) is 27.9 Å². The van der Waals surface area contributed by atoms with Crippen molar-refractivity contribution in [3.8, 4) is 0 Å². The highest BCUT2D eigenvalue weighted by Gasteiger charge is 2.23. The Morgan fingerprint density at radius 1 is 0.970 bits per heavy atom. The van der Waals surface area contributed by atoms with Crippen LogP contribution in [0.4, 0.5) is 5.69 Å². The molecule has 1 unspecified atom stereocenters. The van der Waals surface area contributed by atoms with Crippen LogP contribution in [0.15, 0.2) is 78.9 Å². The molecule has 0 aliphatic rings. The number of anilines is 1. The Hall–Kier alpha value is -3.93. The number of hydrogen-bond acceptors (Lipinski definition) is 3. The van der Waals surface area contributed by atoms with Crippen LogP contribution in [0.25, 0.3) is 11.0 Å². The quantitative estimate of drug-likeness (QED) is 0.445. The van der Waals surface area contributed by atoms with Gasteiger partial charge >= 0.3 is 0 Å². The van der Waals surface area contributed by atoms with E-state index in [2.05, 4.69) is 5.32 Å². The Morgan fingerprint density at radius 2 is 1.64 bits per heavy atom. The van der Waals surface area contributed by atoms with Gasteiger partial charge in [0.05, 0.1) is 17.1 Å². The van der Waals surface area contributed by atoms with Gasteiger partial charge in [0.15, 0.2) is 0 Å². The second kappa shape index (κ2) is 9.69. The topological polar surface area (TPSA) is 67.2 Å². The number of amides is 2. The van der Waals surface area contributed by atoms with Crippen LogP contribution in [0, 0.1) is 6.92 Å². The highest BCUT2D eigenvalue weighted by Crippen LogP contribution is 2.23. The molecular formula is C27H28N4O2. The van der Waals surface area contributed by atoms with Crippen molar-refractivity contribution < 1.29 is 9.59 Å². The van der Waals surface area contributed by atoms with Gasteiger partial charge in [-0.3, -0.25) is 9.59 Å². The minimum absolute atomic E-state index is 0.0365. The van der Waals surface area contributed by atoms with Crippen molar-refractivity contribution in [2.75, 3.05) is 11.4 Å². The Kier molecular flexibility index (Phi) is 6.54. The smallest absolute Gasteiger partial charge is 0.252 e. The number of para-hydroxylation sites is 3. The number of hydrogen-bond donors (Lipinski definition) is 1. The van der Waals surface area contributed by atoms with E-state index >= 15 is 0 Å². The number of benzene rings is 3. The highest BCUT2D eigenvalue weighted by atomic mass is 16.2. The summed E-state index contributed by atoms with van der Waals surface area (Å²) in [6, 6.07) is 24.5. The molecule has 2 amide bonds. The van der Waals surface area contributed by atoms with Gasteiger partial charge < -0.3 is 14.8 Å². The maximum Gasteiger partial charge on any atom is 0.252 e. The van der Waals surface area contributed by atoms with Gasteiger partial charge in [0, 0.05) is 17.8 Å². The van der Waals surface area contributed by atoms with E-state index in [-0.39, 0.29) is 24.4 Å². The maximum absolute atomic E-state index is 13.3. The van der Waals surface area contributed by atoms with Crippen molar-refractivity contribution in [2.45, 2.75) is 33.4 Å². The molecule has 1 N–H and O–H groups in total. The van der Waals surface area contributed by atoms with Crippen molar-refractivity contribution >= 4 is 28.5 Å². The molecule has 0 aliphatic heterocycles. The summed E-state index contributed by atoms with van der Waals surface area (Å²) in [5, 5.41) is 3.06. The van der Waals surface area contributed by atoms with Gasteiger partial charge in [0.2, 0.25) is 5.91 Å². The van der Waals surface area contributed by atoms with E-state index in [1.807, 2.05) is 104 Å². The second-order valence-electron chi connectivity index (χ2n) is 8.03. The summed E-state index contributed by atoms with van der Waals surface area (Å²) in [6.45, 7) is 6.46. The number of nitrogens with one attached hydrogen (secondary N) is 1. The molecule has 0 saturated heterocycles. The fourth-order valence-electron chi connectivity index (χ4n) is 4.09. The molecule has 0 fully saturated rings. The first kappa shape index (κ1) is 22.3. The van der Waals surface area contributed by atoms with Crippen molar-refractivity contribution in [3.05, 3.63) is 95.8 Å². The van der Waals surface area contributed by atoms with E-state index in [0.717, 1.165) is 22.3 Å². The lowest BCUT2D eigenvalue weighted by Crippen LogP contribution is -2.35. The molecule has 0 bridgehead atoms. The van der Waals surface area contributed by atoms with Crippen LogP contribution in [0.2, 0.25) is 0 Å². The molecule has 6 heteroatoms. The van der Waals surface area contributed by atoms with Gasteiger partial charge in [0.1, 0.15) is 12.4 Å². The summed E-state index contributed by atoms with van der Waals surface area (Å²) < 4.78 is 1.91. The Bertz CT molecular complexity index is 1280. The van der Waals surface area contributed by atoms with Crippen LogP contribution in [0.5, 0.6) is 0 Å². The first-order valence-corrected chi connectivity index (χ1v) is 11.2. The fraction of sp³-hybridized carbons (Fsp3) is 0.222. The van der Waals surface area contributed by atoms with Crippen LogP contribution in [-0.2, 0) is 11.3 Å². The van der Waals surface area contributed by atoms with Crippen molar-refractivity contribution in [1.82, 2.24) is 14.9 Å². The first-order chi connectivity index (χ1) is 16.0. The minimum atomic E-state index is -0.385. The first-order valence-electron chi connectivity index (χ1n) is 11.2. The number of nitrogens with zero attached hydrogens (tertiary/aromatic N) is 3. The SMILES string of the molecule is CCN(C(=O)Cn1c(C(C)NC(=O)c2ccccc2C)nc2ccccc21)c1ccccc1. The number of fused-ring (bicyclic) bond motifs is 1. The van der Waals surface area contributed by atoms with E-state index in [1.165, 1.54) is 0 Å². The number of imidazole rings is 1. The zero-order valence-electron chi connectivity index (χ0n) is 19.2. The van der Waals surface area contributed by atoms with Gasteiger partial charge in [0.25, 0.3) is 5.91 Å². The Balaban J connectivity index is 1.65. The molecule has 1 atom stereocenters. The normalized spacial score (nSPS) is 11.8. The van der Waals surface area contributed by atoms with E-state index < -0.39 is 0 Å². The predicted octanol–water partition coefficient (Wildman–Crippen LogP) is 4.89. The lowest BCUT2D eigenvalue weighted by molar-refractivity contribution is -0.119. The summed E-state index contributed by atoms with van der Waals surface area (Å²) in [5.74, 6) is 0.450. The zero-order chi connectivity index (χ0) is 23.4. The number of rotatable bonds is 7. The Morgan fingerprint density at radius 3 is 2.36 bits per heavy atom. The molecule has 0 spiro atoms. The van der Waals surface area contributed by atoms with Crippen molar-refractivity contribution in [1.29, 1.82) is 0 Å². The highest BCUT2D eigenvalue weighted by molar-refractivity contribution is 5.96. The van der Waals surface area contributed by atoms with Gasteiger partial charge in [-0.15, -0.1) is 0 Å². The summed E-state index contributed by atoms with van der Waals surface area (Å²) in [6.07, 6.45) is 0. The minimum Gasteiger partial charge on any atom is -0.342 e. The largest absolute Gasteiger partial charge is 0.342 e. The Labute approximate surface area is 193 Å². The number of carbonyl (C=O) groups excluding carboxylic acids is 2. The molecule has 0 aliphatic carbocycles. The molecule has 4 rings (SSSR count). The second-order valence-corrected chi connectivity index (χ2v) is 8.03. The third-order valence-corrected chi connectivity index (χ3v) is 5.79. The molecule has 6 nitrogen and oxygen atoms in total. The molecule has 3 aromatic carbocycles. The molecule has 168 valence electrons. The lowest BCUT2D eigenvalue weighted by atomic mass is 10.1. The van der Waals surface area contributed by atoms with Crippen LogP contribution in [0.1, 0.15) is 41.6 Å². The predicted molar refractivity (Wildman–Crippen MR) is 131 cm³/mol. The summed E-state index contributed by atoms with van der Waals surface area (Å²) >= 11 is 0. The third-order valence-electron chi connectivity index (χ3n) is 5.79. The van der Waals surface area contributed by atoms with Crippen molar-refractivity contribution in [2.24, 2.45) is 0 Å². The summed E-state index contributed by atoms with van der Waals surface area (Å²) in [5.41, 5.74) is 4.05. The van der Waals surface area contributed by atoms with Gasteiger partial charge in [-0.2, -0.15) is 0 Å². The van der Waals surface area contributed by atoms with Crippen LogP contribution >= 0.6 is 0 Å². The van der Waals surface area contributed by atoms with E-state index in [0.29, 0.717) is 17.9 Å². The fourth-order valence-corrected chi connectivity index (χ4v) is 4.09. The maximum atomic E-state index is 13.3. The zero-order valence-corrected chi connectivity index (χ0v) is 19.2. The molecule has 4 aromatic rings. The van der Waals surface area contributed by atoms with E-state index in [4.69, 9.17) is 4.98 Å².